The van der Waals surface area contributed by atoms with Gasteiger partial charge in [0.15, 0.2) is 17.3 Å². The Morgan fingerprint density at radius 2 is 1.25 bits per heavy atom. The molecule has 4 nitrogen and oxygen atoms in total. The molecule has 0 fully saturated rings. The van der Waals surface area contributed by atoms with E-state index in [0.29, 0.717) is 17.2 Å². The zero-order valence-corrected chi connectivity index (χ0v) is 16.2. The quantitative estimate of drug-likeness (QED) is 0.653. The van der Waals surface area contributed by atoms with E-state index in [4.69, 9.17) is 14.2 Å². The number of ether oxygens (including phenoxy) is 3. The maximum atomic E-state index is 12.9. The van der Waals surface area contributed by atoms with Crippen LogP contribution in [0.2, 0.25) is 0 Å². The van der Waals surface area contributed by atoms with Crippen molar-refractivity contribution in [3.05, 3.63) is 88.5 Å². The molecule has 1 aliphatic carbocycles. The lowest BCUT2D eigenvalue weighted by molar-refractivity contribution is 0.103. The fourth-order valence-electron chi connectivity index (χ4n) is 4.04. The van der Waals surface area contributed by atoms with Crippen molar-refractivity contribution in [2.75, 3.05) is 21.3 Å². The molecule has 0 heterocycles. The first kappa shape index (κ1) is 18.1. The first-order valence-corrected chi connectivity index (χ1v) is 9.19. The van der Waals surface area contributed by atoms with E-state index in [0.717, 1.165) is 34.2 Å². The number of fused-ring (bicyclic) bond motifs is 2. The summed E-state index contributed by atoms with van der Waals surface area (Å²) in [6.07, 6.45) is 0.720. The van der Waals surface area contributed by atoms with E-state index < -0.39 is 0 Å². The van der Waals surface area contributed by atoms with E-state index in [9.17, 15) is 4.79 Å². The summed E-state index contributed by atoms with van der Waals surface area (Å²) in [5, 5.41) is 0. The molecule has 0 atom stereocenters. The lowest BCUT2D eigenvalue weighted by Crippen LogP contribution is -2.20. The topological polar surface area (TPSA) is 44.8 Å². The summed E-state index contributed by atoms with van der Waals surface area (Å²) in [6, 6.07) is 19.7. The van der Waals surface area contributed by atoms with Crippen molar-refractivity contribution in [3.63, 3.8) is 0 Å². The lowest BCUT2D eigenvalue weighted by atomic mass is 9.75. The van der Waals surface area contributed by atoms with Gasteiger partial charge in [-0.2, -0.15) is 0 Å². The van der Waals surface area contributed by atoms with Crippen LogP contribution in [0.15, 0.2) is 60.7 Å². The minimum absolute atomic E-state index is 0.0768. The third kappa shape index (κ3) is 2.91. The minimum atomic E-state index is 0.0768. The second-order valence-corrected chi connectivity index (χ2v) is 6.79. The second-order valence-electron chi connectivity index (χ2n) is 6.79. The fourth-order valence-corrected chi connectivity index (χ4v) is 4.04. The van der Waals surface area contributed by atoms with E-state index >= 15 is 0 Å². The number of methoxy groups -OCH3 is 3. The van der Waals surface area contributed by atoms with Crippen LogP contribution in [0.3, 0.4) is 0 Å². The summed E-state index contributed by atoms with van der Waals surface area (Å²) >= 11 is 0. The number of carbonyl (C=O) groups is 1. The summed E-state index contributed by atoms with van der Waals surface area (Å²) in [4.78, 5) is 12.9. The number of hydrogen-bond acceptors (Lipinski definition) is 4. The van der Waals surface area contributed by atoms with Crippen LogP contribution >= 0.6 is 0 Å². The molecule has 0 amide bonds. The van der Waals surface area contributed by atoms with Crippen molar-refractivity contribution < 1.29 is 19.0 Å². The Labute approximate surface area is 164 Å². The summed E-state index contributed by atoms with van der Waals surface area (Å²) in [6.45, 7) is 0. The molecule has 28 heavy (non-hydrogen) atoms. The molecule has 0 bridgehead atoms. The third-order valence-electron chi connectivity index (χ3n) is 5.33. The van der Waals surface area contributed by atoms with Crippen molar-refractivity contribution in [1.29, 1.82) is 0 Å². The van der Waals surface area contributed by atoms with E-state index in [1.165, 1.54) is 0 Å². The van der Waals surface area contributed by atoms with Crippen molar-refractivity contribution in [1.82, 2.24) is 0 Å². The van der Waals surface area contributed by atoms with Gasteiger partial charge in [-0.05, 0) is 35.2 Å². The summed E-state index contributed by atoms with van der Waals surface area (Å²) < 4.78 is 16.4. The SMILES string of the molecule is COc1cc(CC2c3ccccc3C(=O)c3ccccc32)cc(OC)c1OC. The van der Waals surface area contributed by atoms with Crippen molar-refractivity contribution in [2.45, 2.75) is 12.3 Å². The van der Waals surface area contributed by atoms with Gasteiger partial charge in [0, 0.05) is 17.0 Å². The van der Waals surface area contributed by atoms with Crippen LogP contribution < -0.4 is 14.2 Å². The zero-order chi connectivity index (χ0) is 19.7. The first-order valence-electron chi connectivity index (χ1n) is 9.19. The van der Waals surface area contributed by atoms with Gasteiger partial charge in [0.05, 0.1) is 21.3 Å². The van der Waals surface area contributed by atoms with Gasteiger partial charge in [-0.25, -0.2) is 0 Å². The van der Waals surface area contributed by atoms with Gasteiger partial charge in [-0.15, -0.1) is 0 Å². The number of rotatable bonds is 5. The molecule has 142 valence electrons. The van der Waals surface area contributed by atoms with Crippen LogP contribution in [0, 0.1) is 0 Å². The monoisotopic (exact) mass is 374 g/mol. The smallest absolute Gasteiger partial charge is 0.203 e. The van der Waals surface area contributed by atoms with Gasteiger partial charge in [-0.1, -0.05) is 48.5 Å². The predicted octanol–water partition coefficient (Wildman–Crippen LogP) is 4.63. The van der Waals surface area contributed by atoms with E-state index in [1.807, 2.05) is 60.7 Å². The number of carbonyl (C=O) groups excluding carboxylic acids is 1. The predicted molar refractivity (Wildman–Crippen MR) is 108 cm³/mol. The van der Waals surface area contributed by atoms with Crippen molar-refractivity contribution in [3.8, 4) is 17.2 Å². The molecule has 3 aromatic carbocycles. The highest BCUT2D eigenvalue weighted by molar-refractivity contribution is 6.12. The number of benzene rings is 3. The molecule has 0 spiro atoms. The van der Waals surface area contributed by atoms with Gasteiger partial charge in [0.25, 0.3) is 0 Å². The third-order valence-corrected chi connectivity index (χ3v) is 5.33. The zero-order valence-electron chi connectivity index (χ0n) is 16.2. The van der Waals surface area contributed by atoms with Gasteiger partial charge < -0.3 is 14.2 Å². The van der Waals surface area contributed by atoms with Crippen LogP contribution in [0.5, 0.6) is 17.2 Å². The Hall–Kier alpha value is -3.27. The Morgan fingerprint density at radius 3 is 1.71 bits per heavy atom. The Balaban J connectivity index is 1.83. The molecular weight excluding hydrogens is 352 g/mol. The lowest BCUT2D eigenvalue weighted by Gasteiger charge is -2.28. The highest BCUT2D eigenvalue weighted by Gasteiger charge is 2.31. The fraction of sp³-hybridized carbons (Fsp3) is 0.208. The molecule has 0 aliphatic heterocycles. The number of hydrogen-bond donors (Lipinski definition) is 0. The first-order chi connectivity index (χ1) is 13.7. The van der Waals surface area contributed by atoms with Gasteiger partial charge in [0.1, 0.15) is 0 Å². The average Bonchev–Trinajstić information content (AvgIpc) is 2.75. The van der Waals surface area contributed by atoms with Gasteiger partial charge >= 0.3 is 0 Å². The largest absolute Gasteiger partial charge is 0.493 e. The summed E-state index contributed by atoms with van der Waals surface area (Å²) in [7, 11) is 4.83. The second kappa shape index (κ2) is 7.39. The molecule has 3 aromatic rings. The Bertz CT molecular complexity index is 964. The molecule has 0 saturated heterocycles. The van der Waals surface area contributed by atoms with Crippen LogP contribution in [-0.4, -0.2) is 27.1 Å². The molecule has 0 radical (unpaired) electrons. The molecule has 4 heteroatoms. The molecule has 0 unspecified atom stereocenters. The standard InChI is InChI=1S/C24H22O4/c1-26-21-13-15(14-22(27-2)24(21)28-3)12-20-16-8-4-6-10-18(16)23(25)19-11-7-5-9-17(19)20/h4-11,13-14,20H,12H2,1-3H3. The van der Waals surface area contributed by atoms with Crippen molar-refractivity contribution in [2.24, 2.45) is 0 Å². The highest BCUT2D eigenvalue weighted by Crippen LogP contribution is 2.42. The molecule has 4 rings (SSSR count). The van der Waals surface area contributed by atoms with Gasteiger partial charge in [-0.3, -0.25) is 4.79 Å². The Kier molecular flexibility index (Phi) is 4.78. The van der Waals surface area contributed by atoms with E-state index in [1.54, 1.807) is 21.3 Å². The minimum Gasteiger partial charge on any atom is -0.493 e. The molecule has 0 saturated carbocycles. The van der Waals surface area contributed by atoms with Crippen molar-refractivity contribution >= 4 is 5.78 Å². The number of ketones is 1. The summed E-state index contributed by atoms with van der Waals surface area (Å²) in [5.74, 6) is 2.00. The van der Waals surface area contributed by atoms with Gasteiger partial charge in [0.2, 0.25) is 5.75 Å². The maximum absolute atomic E-state index is 12.9. The van der Waals surface area contributed by atoms with Crippen LogP contribution in [0.25, 0.3) is 0 Å². The molecule has 1 aliphatic rings. The Morgan fingerprint density at radius 1 is 0.750 bits per heavy atom. The molecule has 0 aromatic heterocycles. The van der Waals surface area contributed by atoms with E-state index in [-0.39, 0.29) is 11.7 Å². The highest BCUT2D eigenvalue weighted by atomic mass is 16.5. The summed E-state index contributed by atoms with van der Waals surface area (Å²) in [5.41, 5.74) is 4.72. The molecule has 0 N–H and O–H groups in total. The van der Waals surface area contributed by atoms with E-state index in [2.05, 4.69) is 0 Å². The normalized spacial score (nSPS) is 12.9. The maximum Gasteiger partial charge on any atom is 0.203 e. The van der Waals surface area contributed by atoms with Crippen LogP contribution in [0.1, 0.15) is 38.5 Å². The van der Waals surface area contributed by atoms with Crippen LogP contribution in [-0.2, 0) is 6.42 Å². The molecular formula is C24H22O4. The average molecular weight is 374 g/mol. The van der Waals surface area contributed by atoms with Crippen LogP contribution in [0.4, 0.5) is 0 Å².